The first-order chi connectivity index (χ1) is 9.83. The molecule has 0 aliphatic carbocycles. The van der Waals surface area contributed by atoms with Crippen LogP contribution in [0.4, 0.5) is 4.39 Å². The summed E-state index contributed by atoms with van der Waals surface area (Å²) in [6.07, 6.45) is 1.83. The molecular formula is C17H15FN2. The molecule has 3 heteroatoms. The van der Waals surface area contributed by atoms with Crippen LogP contribution in [-0.2, 0) is 13.1 Å². The van der Waals surface area contributed by atoms with Crippen molar-refractivity contribution in [1.29, 1.82) is 0 Å². The molecule has 2 nitrogen and oxygen atoms in total. The highest BCUT2D eigenvalue weighted by molar-refractivity contribution is 5.81. The lowest BCUT2D eigenvalue weighted by Crippen LogP contribution is -2.13. The van der Waals surface area contributed by atoms with Gasteiger partial charge in [0.1, 0.15) is 5.82 Å². The lowest BCUT2D eigenvalue weighted by atomic mass is 10.1. The second-order valence-electron chi connectivity index (χ2n) is 4.72. The summed E-state index contributed by atoms with van der Waals surface area (Å²) >= 11 is 0. The Labute approximate surface area is 117 Å². The van der Waals surface area contributed by atoms with Crippen molar-refractivity contribution in [3.05, 3.63) is 77.7 Å². The van der Waals surface area contributed by atoms with Gasteiger partial charge >= 0.3 is 0 Å². The van der Waals surface area contributed by atoms with Crippen molar-refractivity contribution in [3.8, 4) is 0 Å². The Morgan fingerprint density at radius 1 is 0.900 bits per heavy atom. The van der Waals surface area contributed by atoms with Gasteiger partial charge in [-0.25, -0.2) is 4.39 Å². The van der Waals surface area contributed by atoms with Gasteiger partial charge in [0.2, 0.25) is 0 Å². The molecule has 3 rings (SSSR count). The molecule has 0 saturated carbocycles. The highest BCUT2D eigenvalue weighted by atomic mass is 19.1. The molecule has 3 aromatic rings. The summed E-state index contributed by atoms with van der Waals surface area (Å²) in [7, 11) is 0. The van der Waals surface area contributed by atoms with E-state index in [0.29, 0.717) is 0 Å². The van der Waals surface area contributed by atoms with Gasteiger partial charge in [-0.05, 0) is 35.4 Å². The van der Waals surface area contributed by atoms with E-state index < -0.39 is 0 Å². The Hall–Kier alpha value is -2.26. The largest absolute Gasteiger partial charge is 0.309 e. The normalized spacial score (nSPS) is 10.8. The Kier molecular flexibility index (Phi) is 3.70. The highest BCUT2D eigenvalue weighted by Crippen LogP contribution is 2.16. The van der Waals surface area contributed by atoms with Crippen molar-refractivity contribution in [2.45, 2.75) is 13.1 Å². The SMILES string of the molecule is Fc1ccc(CNCc2ccnc3ccccc23)cc1. The standard InChI is InChI=1S/C17H15FN2/c18-15-7-5-13(6-8-15)11-19-12-14-9-10-20-17-4-2-1-3-16(14)17/h1-10,19H,11-12H2. The van der Waals surface area contributed by atoms with E-state index in [1.807, 2.05) is 30.5 Å². The summed E-state index contributed by atoms with van der Waals surface area (Å²) in [6.45, 7) is 1.48. The van der Waals surface area contributed by atoms with Crippen LogP contribution in [0.2, 0.25) is 0 Å². The molecule has 2 aromatic carbocycles. The Bertz CT molecular complexity index is 702. The molecule has 0 unspecified atom stereocenters. The number of rotatable bonds is 4. The Morgan fingerprint density at radius 2 is 1.70 bits per heavy atom. The zero-order chi connectivity index (χ0) is 13.8. The molecule has 1 heterocycles. The quantitative estimate of drug-likeness (QED) is 0.779. The molecule has 20 heavy (non-hydrogen) atoms. The highest BCUT2D eigenvalue weighted by Gasteiger charge is 2.01. The van der Waals surface area contributed by atoms with E-state index in [1.54, 1.807) is 12.1 Å². The van der Waals surface area contributed by atoms with E-state index in [2.05, 4.69) is 16.4 Å². The molecule has 0 bridgehead atoms. The molecule has 0 radical (unpaired) electrons. The van der Waals surface area contributed by atoms with E-state index >= 15 is 0 Å². The summed E-state index contributed by atoms with van der Waals surface area (Å²) in [4.78, 5) is 4.35. The van der Waals surface area contributed by atoms with Crippen molar-refractivity contribution >= 4 is 10.9 Å². The maximum Gasteiger partial charge on any atom is 0.123 e. The summed E-state index contributed by atoms with van der Waals surface area (Å²) in [5, 5.41) is 4.55. The monoisotopic (exact) mass is 266 g/mol. The van der Waals surface area contributed by atoms with Gasteiger partial charge in [0.25, 0.3) is 0 Å². The smallest absolute Gasteiger partial charge is 0.123 e. The molecule has 0 aliphatic heterocycles. The van der Waals surface area contributed by atoms with E-state index in [9.17, 15) is 4.39 Å². The molecule has 100 valence electrons. The average Bonchev–Trinajstić information content (AvgIpc) is 2.49. The number of benzene rings is 2. The van der Waals surface area contributed by atoms with Crippen molar-refractivity contribution in [2.75, 3.05) is 0 Å². The minimum Gasteiger partial charge on any atom is -0.309 e. The first kappa shape index (κ1) is 12.8. The maximum atomic E-state index is 12.8. The minimum atomic E-state index is -0.200. The van der Waals surface area contributed by atoms with Crippen molar-refractivity contribution in [3.63, 3.8) is 0 Å². The van der Waals surface area contributed by atoms with Crippen LogP contribution in [0.25, 0.3) is 10.9 Å². The van der Waals surface area contributed by atoms with Crippen LogP contribution >= 0.6 is 0 Å². The fraction of sp³-hybridized carbons (Fsp3) is 0.118. The number of pyridine rings is 1. The first-order valence-corrected chi connectivity index (χ1v) is 6.61. The molecular weight excluding hydrogens is 251 g/mol. The fourth-order valence-electron chi connectivity index (χ4n) is 2.25. The van der Waals surface area contributed by atoms with Gasteiger partial charge < -0.3 is 5.32 Å². The molecule has 0 amide bonds. The van der Waals surface area contributed by atoms with Crippen LogP contribution < -0.4 is 5.32 Å². The Morgan fingerprint density at radius 3 is 2.55 bits per heavy atom. The van der Waals surface area contributed by atoms with Crippen LogP contribution in [0.5, 0.6) is 0 Å². The molecule has 0 aliphatic rings. The predicted molar refractivity (Wildman–Crippen MR) is 78.7 cm³/mol. The van der Waals surface area contributed by atoms with Gasteiger partial charge in [-0.1, -0.05) is 30.3 Å². The van der Waals surface area contributed by atoms with Crippen LogP contribution in [0.1, 0.15) is 11.1 Å². The number of nitrogens with zero attached hydrogens (tertiary/aromatic N) is 1. The summed E-state index contributed by atoms with van der Waals surface area (Å²) in [5.74, 6) is -0.200. The molecule has 0 saturated heterocycles. The van der Waals surface area contributed by atoms with E-state index in [4.69, 9.17) is 0 Å². The fourth-order valence-corrected chi connectivity index (χ4v) is 2.25. The summed E-state index contributed by atoms with van der Waals surface area (Å²) in [5.41, 5.74) is 3.30. The van der Waals surface area contributed by atoms with Gasteiger partial charge in [0.15, 0.2) is 0 Å². The van der Waals surface area contributed by atoms with E-state index in [1.165, 1.54) is 23.1 Å². The van der Waals surface area contributed by atoms with Crippen molar-refractivity contribution in [1.82, 2.24) is 10.3 Å². The number of aromatic nitrogens is 1. The third-order valence-corrected chi connectivity index (χ3v) is 3.30. The number of nitrogens with one attached hydrogen (secondary N) is 1. The second-order valence-corrected chi connectivity index (χ2v) is 4.72. The maximum absolute atomic E-state index is 12.8. The van der Waals surface area contributed by atoms with Crippen LogP contribution in [0.3, 0.4) is 0 Å². The summed E-state index contributed by atoms with van der Waals surface area (Å²) in [6, 6.07) is 16.7. The third-order valence-electron chi connectivity index (χ3n) is 3.30. The van der Waals surface area contributed by atoms with Gasteiger partial charge in [-0.15, -0.1) is 0 Å². The molecule has 0 atom stereocenters. The van der Waals surface area contributed by atoms with Crippen LogP contribution in [0, 0.1) is 5.82 Å². The van der Waals surface area contributed by atoms with Gasteiger partial charge in [-0.2, -0.15) is 0 Å². The lowest BCUT2D eigenvalue weighted by Gasteiger charge is -2.08. The number of halogens is 1. The topological polar surface area (TPSA) is 24.9 Å². The third kappa shape index (κ3) is 2.83. The number of hydrogen-bond donors (Lipinski definition) is 1. The second kappa shape index (κ2) is 5.80. The number of hydrogen-bond acceptors (Lipinski definition) is 2. The van der Waals surface area contributed by atoms with Crippen molar-refractivity contribution in [2.24, 2.45) is 0 Å². The van der Waals surface area contributed by atoms with Crippen LogP contribution in [-0.4, -0.2) is 4.98 Å². The molecule has 0 fully saturated rings. The van der Waals surface area contributed by atoms with Gasteiger partial charge in [0, 0.05) is 24.7 Å². The number of fused-ring (bicyclic) bond motifs is 1. The van der Waals surface area contributed by atoms with Crippen molar-refractivity contribution < 1.29 is 4.39 Å². The van der Waals surface area contributed by atoms with Gasteiger partial charge in [0.05, 0.1) is 5.52 Å². The predicted octanol–water partition coefficient (Wildman–Crippen LogP) is 3.66. The molecule has 0 spiro atoms. The molecule has 1 aromatic heterocycles. The lowest BCUT2D eigenvalue weighted by molar-refractivity contribution is 0.625. The van der Waals surface area contributed by atoms with E-state index in [0.717, 1.165) is 24.2 Å². The first-order valence-electron chi connectivity index (χ1n) is 6.61. The summed E-state index contributed by atoms with van der Waals surface area (Å²) < 4.78 is 12.8. The Balaban J connectivity index is 1.69. The minimum absolute atomic E-state index is 0.200. The van der Waals surface area contributed by atoms with E-state index in [-0.39, 0.29) is 5.82 Å². The average molecular weight is 266 g/mol. The molecule has 1 N–H and O–H groups in total. The van der Waals surface area contributed by atoms with Gasteiger partial charge in [-0.3, -0.25) is 4.98 Å². The van der Waals surface area contributed by atoms with Crippen LogP contribution in [0.15, 0.2) is 60.8 Å². The zero-order valence-electron chi connectivity index (χ0n) is 11.0. The number of para-hydroxylation sites is 1. The zero-order valence-corrected chi connectivity index (χ0v) is 11.0.